The summed E-state index contributed by atoms with van der Waals surface area (Å²) in [5, 5.41) is 2.39. The van der Waals surface area contributed by atoms with Gasteiger partial charge < -0.3 is 4.42 Å². The van der Waals surface area contributed by atoms with Gasteiger partial charge in [0, 0.05) is 16.2 Å². The lowest BCUT2D eigenvalue weighted by Gasteiger charge is -2.21. The van der Waals surface area contributed by atoms with Crippen molar-refractivity contribution in [1.82, 2.24) is 0 Å². The van der Waals surface area contributed by atoms with E-state index in [1.807, 2.05) is 12.1 Å². The summed E-state index contributed by atoms with van der Waals surface area (Å²) in [5.74, 6) is 0. The zero-order chi connectivity index (χ0) is 19.6. The van der Waals surface area contributed by atoms with E-state index < -0.39 is 0 Å². The molecule has 0 radical (unpaired) electrons. The summed E-state index contributed by atoms with van der Waals surface area (Å²) in [5.41, 5.74) is 10.4. The number of furan rings is 1. The molecule has 0 atom stereocenters. The van der Waals surface area contributed by atoms with E-state index in [0.29, 0.717) is 0 Å². The van der Waals surface area contributed by atoms with Gasteiger partial charge in [-0.2, -0.15) is 0 Å². The van der Waals surface area contributed by atoms with E-state index in [4.69, 9.17) is 4.42 Å². The van der Waals surface area contributed by atoms with E-state index in [1.165, 1.54) is 44.2 Å². The molecule has 0 spiro atoms. The van der Waals surface area contributed by atoms with Gasteiger partial charge in [-0.05, 0) is 58.0 Å². The van der Waals surface area contributed by atoms with Gasteiger partial charge in [0.1, 0.15) is 11.2 Å². The predicted octanol–water partition coefficient (Wildman–Crippen LogP) is 7.48. The summed E-state index contributed by atoms with van der Waals surface area (Å²) >= 11 is 0. The number of para-hydroxylation sites is 1. The molecule has 0 bridgehead atoms. The maximum atomic E-state index is 6.01. The molecule has 4 aromatic carbocycles. The second kappa shape index (κ2) is 5.84. The summed E-state index contributed by atoms with van der Waals surface area (Å²) < 4.78 is 6.01. The molecule has 1 aliphatic carbocycles. The molecule has 1 heterocycles. The van der Waals surface area contributed by atoms with Gasteiger partial charge in [0.2, 0.25) is 0 Å². The molecule has 29 heavy (non-hydrogen) atoms. The topological polar surface area (TPSA) is 13.1 Å². The molecule has 0 N–H and O–H groups in total. The van der Waals surface area contributed by atoms with Crippen molar-refractivity contribution in [2.24, 2.45) is 0 Å². The molecule has 1 aromatic heterocycles. The van der Waals surface area contributed by atoms with E-state index in [0.717, 1.165) is 17.6 Å². The minimum absolute atomic E-state index is 0.0483. The van der Waals surface area contributed by atoms with Crippen molar-refractivity contribution in [2.45, 2.75) is 25.7 Å². The van der Waals surface area contributed by atoms with Crippen molar-refractivity contribution in [3.8, 4) is 11.1 Å². The molecule has 0 unspecified atom stereocenters. The van der Waals surface area contributed by atoms with Gasteiger partial charge in [0.05, 0.1) is 0 Å². The van der Waals surface area contributed by atoms with Gasteiger partial charge in [-0.25, -0.2) is 0 Å². The fourth-order valence-corrected chi connectivity index (χ4v) is 5.08. The maximum Gasteiger partial charge on any atom is 0.135 e. The van der Waals surface area contributed by atoms with Crippen molar-refractivity contribution in [3.05, 3.63) is 107 Å². The number of benzene rings is 4. The Morgan fingerprint density at radius 2 is 1.45 bits per heavy atom. The van der Waals surface area contributed by atoms with Crippen LogP contribution in [0, 0.1) is 0 Å². The first-order chi connectivity index (χ1) is 14.1. The zero-order valence-electron chi connectivity index (χ0n) is 16.7. The Bertz CT molecular complexity index is 1400. The third kappa shape index (κ3) is 2.34. The second-order valence-corrected chi connectivity index (χ2v) is 8.62. The molecule has 1 heteroatoms. The van der Waals surface area contributed by atoms with Crippen LogP contribution in [-0.4, -0.2) is 0 Å². The highest BCUT2D eigenvalue weighted by molar-refractivity contribution is 6.05. The minimum atomic E-state index is 0.0483. The van der Waals surface area contributed by atoms with Crippen LogP contribution in [0.4, 0.5) is 0 Å². The van der Waals surface area contributed by atoms with Crippen molar-refractivity contribution in [2.75, 3.05) is 0 Å². The van der Waals surface area contributed by atoms with Crippen molar-refractivity contribution < 1.29 is 4.42 Å². The van der Waals surface area contributed by atoms with Gasteiger partial charge in [0.15, 0.2) is 0 Å². The van der Waals surface area contributed by atoms with Crippen LogP contribution in [0.2, 0.25) is 0 Å². The highest BCUT2D eigenvalue weighted by Crippen LogP contribution is 2.50. The average Bonchev–Trinajstić information content (AvgIpc) is 3.22. The first-order valence-electron chi connectivity index (χ1n) is 10.3. The van der Waals surface area contributed by atoms with Crippen LogP contribution in [0.1, 0.15) is 36.1 Å². The van der Waals surface area contributed by atoms with Gasteiger partial charge in [-0.3, -0.25) is 0 Å². The lowest BCUT2D eigenvalue weighted by molar-refractivity contribution is 0.660. The van der Waals surface area contributed by atoms with Crippen LogP contribution in [0.5, 0.6) is 0 Å². The molecule has 0 saturated carbocycles. The molecule has 0 aliphatic heterocycles. The zero-order valence-corrected chi connectivity index (χ0v) is 16.7. The van der Waals surface area contributed by atoms with Gasteiger partial charge in [-0.1, -0.05) is 80.6 Å². The molecule has 0 fully saturated rings. The molecule has 0 saturated heterocycles. The van der Waals surface area contributed by atoms with Crippen molar-refractivity contribution in [1.29, 1.82) is 0 Å². The third-order valence-corrected chi connectivity index (χ3v) is 6.53. The van der Waals surface area contributed by atoms with Crippen LogP contribution in [0.15, 0.2) is 89.3 Å². The number of hydrogen-bond donors (Lipinski definition) is 0. The molecule has 1 aliphatic rings. The standard InChI is InChI=1S/C28H22O/c1-28(2)23-11-5-3-10-21(23)27-19(8-7-12-24(27)28)16-18-14-15-26-22(17-18)20-9-4-6-13-25(20)29-26/h3-15,17H,16H2,1-2H3. The fraction of sp³-hybridized carbons (Fsp3) is 0.143. The second-order valence-electron chi connectivity index (χ2n) is 8.62. The Balaban J connectivity index is 1.51. The summed E-state index contributed by atoms with van der Waals surface area (Å²) in [6.45, 7) is 4.68. The Kier molecular flexibility index (Phi) is 3.35. The largest absolute Gasteiger partial charge is 0.456 e. The van der Waals surface area contributed by atoms with Crippen LogP contribution < -0.4 is 0 Å². The normalized spacial score (nSPS) is 14.3. The van der Waals surface area contributed by atoms with Crippen molar-refractivity contribution in [3.63, 3.8) is 0 Å². The highest BCUT2D eigenvalue weighted by atomic mass is 16.3. The molecule has 6 rings (SSSR count). The van der Waals surface area contributed by atoms with E-state index in [1.54, 1.807) is 0 Å². The smallest absolute Gasteiger partial charge is 0.135 e. The first kappa shape index (κ1) is 16.6. The van der Waals surface area contributed by atoms with Gasteiger partial charge in [0.25, 0.3) is 0 Å². The van der Waals surface area contributed by atoms with Crippen LogP contribution in [0.3, 0.4) is 0 Å². The van der Waals surface area contributed by atoms with Crippen LogP contribution in [0.25, 0.3) is 33.1 Å². The summed E-state index contributed by atoms with van der Waals surface area (Å²) in [7, 11) is 0. The predicted molar refractivity (Wildman–Crippen MR) is 121 cm³/mol. The van der Waals surface area contributed by atoms with Crippen LogP contribution >= 0.6 is 0 Å². The Morgan fingerprint density at radius 1 is 0.690 bits per heavy atom. The van der Waals surface area contributed by atoms with Crippen molar-refractivity contribution >= 4 is 21.9 Å². The highest BCUT2D eigenvalue weighted by Gasteiger charge is 2.36. The molecular formula is C28H22O. The molecule has 0 amide bonds. The summed E-state index contributed by atoms with van der Waals surface area (Å²) in [4.78, 5) is 0. The fourth-order valence-electron chi connectivity index (χ4n) is 5.08. The van der Waals surface area contributed by atoms with E-state index in [-0.39, 0.29) is 5.41 Å². The maximum absolute atomic E-state index is 6.01. The Morgan fingerprint density at radius 3 is 2.38 bits per heavy atom. The molecule has 5 aromatic rings. The number of hydrogen-bond acceptors (Lipinski definition) is 1. The Labute approximate surface area is 170 Å². The summed E-state index contributed by atoms with van der Waals surface area (Å²) in [6, 6.07) is 30.6. The van der Waals surface area contributed by atoms with Gasteiger partial charge >= 0.3 is 0 Å². The average molecular weight is 374 g/mol. The lowest BCUT2D eigenvalue weighted by atomic mass is 9.82. The lowest BCUT2D eigenvalue weighted by Crippen LogP contribution is -2.14. The first-order valence-corrected chi connectivity index (χ1v) is 10.3. The monoisotopic (exact) mass is 374 g/mol. The number of fused-ring (bicyclic) bond motifs is 6. The van der Waals surface area contributed by atoms with E-state index >= 15 is 0 Å². The quantitative estimate of drug-likeness (QED) is 0.312. The van der Waals surface area contributed by atoms with E-state index in [9.17, 15) is 0 Å². The minimum Gasteiger partial charge on any atom is -0.456 e. The number of rotatable bonds is 2. The molecule has 1 nitrogen and oxygen atoms in total. The van der Waals surface area contributed by atoms with Gasteiger partial charge in [-0.15, -0.1) is 0 Å². The van der Waals surface area contributed by atoms with E-state index in [2.05, 4.69) is 86.6 Å². The molecule has 140 valence electrons. The summed E-state index contributed by atoms with van der Waals surface area (Å²) in [6.07, 6.45) is 0.920. The van der Waals surface area contributed by atoms with Crippen LogP contribution in [-0.2, 0) is 11.8 Å². The third-order valence-electron chi connectivity index (χ3n) is 6.53. The molecular weight excluding hydrogens is 352 g/mol. The SMILES string of the molecule is CC1(C)c2ccccc2-c2c(Cc3ccc4oc5ccccc5c4c3)cccc21. The Hall–Kier alpha value is -3.32.